The largest absolute Gasteiger partial charge is 0.294 e. The lowest BCUT2D eigenvalue weighted by atomic mass is 10.0. The average molecular weight is 244 g/mol. The van der Waals surface area contributed by atoms with Crippen molar-refractivity contribution in [2.24, 2.45) is 0 Å². The minimum atomic E-state index is 0.248. The zero-order chi connectivity index (χ0) is 12.3. The van der Waals surface area contributed by atoms with E-state index in [2.05, 4.69) is 19.1 Å². The van der Waals surface area contributed by atoms with Crippen LogP contribution < -0.4 is 0 Å². The zero-order valence-corrected chi connectivity index (χ0v) is 11.0. The molecule has 0 spiro atoms. The van der Waals surface area contributed by atoms with Crippen molar-refractivity contribution in [3.63, 3.8) is 0 Å². The molecule has 1 heterocycles. The summed E-state index contributed by atoms with van der Waals surface area (Å²) >= 11 is 1.64. The molecule has 0 aliphatic rings. The van der Waals surface area contributed by atoms with Crippen LogP contribution >= 0.6 is 11.3 Å². The van der Waals surface area contributed by atoms with Crippen molar-refractivity contribution >= 4 is 17.1 Å². The molecule has 0 radical (unpaired) electrons. The van der Waals surface area contributed by atoms with Gasteiger partial charge in [0.05, 0.1) is 0 Å². The van der Waals surface area contributed by atoms with Crippen molar-refractivity contribution in [1.29, 1.82) is 0 Å². The van der Waals surface area contributed by atoms with Gasteiger partial charge in [0, 0.05) is 22.2 Å². The number of carbonyl (C=O) groups excluding carboxylic acids is 1. The SMILES string of the molecule is Cc1cc(C(=O)CCc2ccccc2C)cs1. The Morgan fingerprint density at radius 3 is 2.65 bits per heavy atom. The molecule has 0 unspecified atom stereocenters. The van der Waals surface area contributed by atoms with Crippen LogP contribution in [0.3, 0.4) is 0 Å². The van der Waals surface area contributed by atoms with Crippen LogP contribution in [-0.2, 0) is 6.42 Å². The standard InChI is InChI=1S/C15H16OS/c1-11-5-3-4-6-13(11)7-8-15(16)14-9-12(2)17-10-14/h3-6,9-10H,7-8H2,1-2H3. The molecule has 0 fully saturated rings. The van der Waals surface area contributed by atoms with E-state index in [9.17, 15) is 4.79 Å². The van der Waals surface area contributed by atoms with Gasteiger partial charge in [-0.25, -0.2) is 0 Å². The first-order chi connectivity index (χ1) is 8.16. The smallest absolute Gasteiger partial charge is 0.164 e. The molecule has 1 aromatic carbocycles. The van der Waals surface area contributed by atoms with Gasteiger partial charge < -0.3 is 0 Å². The summed E-state index contributed by atoms with van der Waals surface area (Å²) in [5.41, 5.74) is 3.40. The maximum atomic E-state index is 11.9. The van der Waals surface area contributed by atoms with Crippen LogP contribution in [0.25, 0.3) is 0 Å². The molecule has 0 aliphatic carbocycles. The summed E-state index contributed by atoms with van der Waals surface area (Å²) in [6.07, 6.45) is 1.43. The first-order valence-electron chi connectivity index (χ1n) is 5.79. The predicted octanol–water partition coefficient (Wildman–Crippen LogP) is 4.18. The molecular weight excluding hydrogens is 228 g/mol. The molecule has 0 amide bonds. The lowest BCUT2D eigenvalue weighted by molar-refractivity contribution is 0.0983. The van der Waals surface area contributed by atoms with Crippen LogP contribution in [0.15, 0.2) is 35.7 Å². The minimum Gasteiger partial charge on any atom is -0.294 e. The number of carbonyl (C=O) groups is 1. The Morgan fingerprint density at radius 2 is 2.00 bits per heavy atom. The number of hydrogen-bond donors (Lipinski definition) is 0. The Balaban J connectivity index is 1.99. The minimum absolute atomic E-state index is 0.248. The summed E-state index contributed by atoms with van der Waals surface area (Å²) in [6.45, 7) is 4.12. The summed E-state index contributed by atoms with van der Waals surface area (Å²) in [6, 6.07) is 10.2. The number of Topliss-reactive ketones (excluding diaryl/α,β-unsaturated/α-hetero) is 1. The van der Waals surface area contributed by atoms with Gasteiger partial charge in [0.25, 0.3) is 0 Å². The summed E-state index contributed by atoms with van der Waals surface area (Å²) in [5.74, 6) is 0.248. The van der Waals surface area contributed by atoms with Crippen molar-refractivity contribution in [3.8, 4) is 0 Å². The van der Waals surface area contributed by atoms with Gasteiger partial charge >= 0.3 is 0 Å². The summed E-state index contributed by atoms with van der Waals surface area (Å²) < 4.78 is 0. The number of thiophene rings is 1. The van der Waals surface area contributed by atoms with E-state index in [1.807, 2.05) is 30.5 Å². The second-order valence-corrected chi connectivity index (χ2v) is 5.41. The Morgan fingerprint density at radius 1 is 1.24 bits per heavy atom. The second kappa shape index (κ2) is 5.28. The molecule has 0 N–H and O–H groups in total. The van der Waals surface area contributed by atoms with E-state index in [1.54, 1.807) is 11.3 Å². The Bertz CT molecular complexity index is 525. The van der Waals surface area contributed by atoms with Crippen LogP contribution in [-0.4, -0.2) is 5.78 Å². The van der Waals surface area contributed by atoms with E-state index >= 15 is 0 Å². The van der Waals surface area contributed by atoms with E-state index in [0.717, 1.165) is 12.0 Å². The molecule has 0 saturated carbocycles. The predicted molar refractivity (Wildman–Crippen MR) is 72.9 cm³/mol. The van der Waals surface area contributed by atoms with Crippen molar-refractivity contribution in [2.45, 2.75) is 26.7 Å². The molecule has 2 rings (SSSR count). The van der Waals surface area contributed by atoms with Gasteiger partial charge in [-0.1, -0.05) is 24.3 Å². The highest BCUT2D eigenvalue weighted by Crippen LogP contribution is 2.17. The number of benzene rings is 1. The third-order valence-electron chi connectivity index (χ3n) is 2.94. The topological polar surface area (TPSA) is 17.1 Å². The van der Waals surface area contributed by atoms with E-state index in [0.29, 0.717) is 6.42 Å². The Labute approximate surface area is 106 Å². The maximum Gasteiger partial charge on any atom is 0.164 e. The molecule has 1 aromatic heterocycles. The highest BCUT2D eigenvalue weighted by molar-refractivity contribution is 7.10. The molecule has 17 heavy (non-hydrogen) atoms. The summed E-state index contributed by atoms with van der Waals surface area (Å²) in [7, 11) is 0. The molecule has 0 saturated heterocycles. The highest BCUT2D eigenvalue weighted by atomic mass is 32.1. The quantitative estimate of drug-likeness (QED) is 0.737. The maximum absolute atomic E-state index is 11.9. The fourth-order valence-corrected chi connectivity index (χ4v) is 2.58. The average Bonchev–Trinajstić information content (AvgIpc) is 2.74. The van der Waals surface area contributed by atoms with Gasteiger partial charge in [-0.3, -0.25) is 4.79 Å². The monoisotopic (exact) mass is 244 g/mol. The van der Waals surface area contributed by atoms with E-state index < -0.39 is 0 Å². The van der Waals surface area contributed by atoms with Crippen molar-refractivity contribution in [3.05, 3.63) is 57.3 Å². The van der Waals surface area contributed by atoms with Crippen LogP contribution in [0.2, 0.25) is 0 Å². The summed E-state index contributed by atoms with van der Waals surface area (Å²) in [4.78, 5) is 13.1. The molecule has 2 aromatic rings. The molecule has 0 aliphatic heterocycles. The first-order valence-corrected chi connectivity index (χ1v) is 6.67. The van der Waals surface area contributed by atoms with Gasteiger partial charge in [0.2, 0.25) is 0 Å². The van der Waals surface area contributed by atoms with E-state index in [1.165, 1.54) is 16.0 Å². The first kappa shape index (κ1) is 12.1. The highest BCUT2D eigenvalue weighted by Gasteiger charge is 2.08. The normalized spacial score (nSPS) is 10.5. The zero-order valence-electron chi connectivity index (χ0n) is 10.2. The molecular formula is C15H16OS. The molecule has 0 atom stereocenters. The third-order valence-corrected chi connectivity index (χ3v) is 3.80. The van der Waals surface area contributed by atoms with Crippen molar-refractivity contribution in [2.75, 3.05) is 0 Å². The molecule has 88 valence electrons. The van der Waals surface area contributed by atoms with Gasteiger partial charge in [0.15, 0.2) is 5.78 Å². The van der Waals surface area contributed by atoms with Crippen molar-refractivity contribution < 1.29 is 4.79 Å². The van der Waals surface area contributed by atoms with E-state index in [4.69, 9.17) is 0 Å². The van der Waals surface area contributed by atoms with Crippen LogP contribution in [0.4, 0.5) is 0 Å². The fraction of sp³-hybridized carbons (Fsp3) is 0.267. The van der Waals surface area contributed by atoms with Crippen LogP contribution in [0.5, 0.6) is 0 Å². The third kappa shape index (κ3) is 3.04. The Kier molecular flexibility index (Phi) is 3.75. The van der Waals surface area contributed by atoms with Gasteiger partial charge in [-0.15, -0.1) is 11.3 Å². The number of ketones is 1. The Hall–Kier alpha value is -1.41. The number of rotatable bonds is 4. The molecule has 2 heteroatoms. The van der Waals surface area contributed by atoms with Crippen LogP contribution in [0.1, 0.15) is 32.8 Å². The van der Waals surface area contributed by atoms with Gasteiger partial charge in [-0.05, 0) is 37.5 Å². The van der Waals surface area contributed by atoms with E-state index in [-0.39, 0.29) is 5.78 Å². The van der Waals surface area contributed by atoms with Crippen molar-refractivity contribution in [1.82, 2.24) is 0 Å². The number of aryl methyl sites for hydroxylation is 3. The summed E-state index contributed by atoms with van der Waals surface area (Å²) in [5, 5.41) is 1.95. The lowest BCUT2D eigenvalue weighted by Crippen LogP contribution is -2.00. The van der Waals surface area contributed by atoms with Gasteiger partial charge in [-0.2, -0.15) is 0 Å². The fourth-order valence-electron chi connectivity index (χ4n) is 1.87. The lowest BCUT2D eigenvalue weighted by Gasteiger charge is -2.03. The molecule has 1 nitrogen and oxygen atoms in total. The van der Waals surface area contributed by atoms with Crippen LogP contribution in [0, 0.1) is 13.8 Å². The van der Waals surface area contributed by atoms with Gasteiger partial charge in [0.1, 0.15) is 0 Å². The molecule has 0 bridgehead atoms. The number of hydrogen-bond acceptors (Lipinski definition) is 2. The second-order valence-electron chi connectivity index (χ2n) is 4.30.